The van der Waals surface area contributed by atoms with E-state index in [2.05, 4.69) is 21.2 Å². The predicted octanol–water partition coefficient (Wildman–Crippen LogP) is 2.25. The van der Waals surface area contributed by atoms with Gasteiger partial charge >= 0.3 is 0 Å². The third kappa shape index (κ3) is 4.53. The molecular formula is C16H16ClN5O2S. The average Bonchev–Trinajstić information content (AvgIpc) is 3.01. The molecule has 0 bridgehead atoms. The first-order valence-electron chi connectivity index (χ1n) is 7.12. The molecule has 0 N–H and O–H groups in total. The first-order valence-corrected chi connectivity index (χ1v) is 8.89. The summed E-state index contributed by atoms with van der Waals surface area (Å²) in [5.41, 5.74) is 1.33. The van der Waals surface area contributed by atoms with E-state index in [0.717, 1.165) is 0 Å². The number of thioether (sulfide) groups is 1. The fourth-order valence-electron chi connectivity index (χ4n) is 2.03. The Labute approximate surface area is 155 Å². The standard InChI is InChI=1S/C16H16ClN5O2S/c1-4-8-21(16(23)13(11-25-3)20-24-2)14-10-22(19-15(14)17)12-6-5-7-18-9-12/h1,5-7,9-10H,8,11H2,2-3H3. The average molecular weight is 378 g/mol. The second kappa shape index (κ2) is 9.11. The monoisotopic (exact) mass is 377 g/mol. The Bertz CT molecular complexity index is 801. The van der Waals surface area contributed by atoms with Crippen LogP contribution < -0.4 is 4.90 Å². The number of pyridine rings is 1. The SMILES string of the molecule is C#CCN(C(=O)C(CSC)=NOC)c1cn(-c2cccnc2)nc1Cl. The minimum atomic E-state index is -0.387. The van der Waals surface area contributed by atoms with Gasteiger partial charge in [0.1, 0.15) is 12.8 Å². The van der Waals surface area contributed by atoms with Crippen molar-refractivity contribution in [2.75, 3.05) is 30.6 Å². The van der Waals surface area contributed by atoms with Crippen LogP contribution in [0.4, 0.5) is 5.69 Å². The summed E-state index contributed by atoms with van der Waals surface area (Å²) >= 11 is 7.68. The van der Waals surface area contributed by atoms with Gasteiger partial charge in [0.2, 0.25) is 0 Å². The lowest BCUT2D eigenvalue weighted by molar-refractivity contribution is -0.112. The van der Waals surface area contributed by atoms with Crippen molar-refractivity contribution in [3.63, 3.8) is 0 Å². The second-order valence-electron chi connectivity index (χ2n) is 4.71. The number of terminal acetylenes is 1. The van der Waals surface area contributed by atoms with E-state index < -0.39 is 0 Å². The smallest absolute Gasteiger partial charge is 0.277 e. The van der Waals surface area contributed by atoms with Crippen molar-refractivity contribution >= 4 is 40.7 Å². The fraction of sp³-hybridized carbons (Fsp3) is 0.250. The molecule has 0 unspecified atom stereocenters. The Hall–Kier alpha value is -2.50. The molecule has 2 heterocycles. The minimum absolute atomic E-state index is 0.0222. The molecule has 0 saturated heterocycles. The van der Waals surface area contributed by atoms with Crippen LogP contribution in [0.25, 0.3) is 5.69 Å². The first kappa shape index (κ1) is 18.8. The molecule has 2 aromatic heterocycles. The summed E-state index contributed by atoms with van der Waals surface area (Å²) in [4.78, 5) is 23.0. The lowest BCUT2D eigenvalue weighted by Gasteiger charge is -2.19. The molecule has 0 atom stereocenters. The minimum Gasteiger partial charge on any atom is -0.399 e. The normalized spacial score (nSPS) is 11.0. The van der Waals surface area contributed by atoms with Crippen molar-refractivity contribution in [1.29, 1.82) is 0 Å². The zero-order chi connectivity index (χ0) is 18.2. The molecule has 2 aromatic rings. The van der Waals surface area contributed by atoms with Crippen LogP contribution in [0.3, 0.4) is 0 Å². The maximum atomic E-state index is 12.8. The molecule has 0 aliphatic carbocycles. The van der Waals surface area contributed by atoms with Gasteiger partial charge in [-0.2, -0.15) is 16.9 Å². The molecule has 0 aliphatic rings. The quantitative estimate of drug-likeness (QED) is 0.420. The van der Waals surface area contributed by atoms with E-state index in [1.807, 2.05) is 12.3 Å². The number of amides is 1. The van der Waals surface area contributed by atoms with E-state index in [4.69, 9.17) is 22.9 Å². The van der Waals surface area contributed by atoms with Crippen molar-refractivity contribution in [1.82, 2.24) is 14.8 Å². The number of hydrogen-bond acceptors (Lipinski definition) is 6. The molecule has 0 fully saturated rings. The van der Waals surface area contributed by atoms with E-state index in [0.29, 0.717) is 17.1 Å². The molecule has 130 valence electrons. The topological polar surface area (TPSA) is 72.6 Å². The van der Waals surface area contributed by atoms with Crippen molar-refractivity contribution < 1.29 is 9.63 Å². The highest BCUT2D eigenvalue weighted by molar-refractivity contribution is 7.99. The number of rotatable bonds is 7. The molecule has 0 spiro atoms. The van der Waals surface area contributed by atoms with Gasteiger partial charge in [-0.15, -0.1) is 6.42 Å². The Morgan fingerprint density at radius 2 is 2.40 bits per heavy atom. The fourth-order valence-corrected chi connectivity index (χ4v) is 2.72. The summed E-state index contributed by atoms with van der Waals surface area (Å²) in [6.07, 6.45) is 12.2. The van der Waals surface area contributed by atoms with Crippen LogP contribution in [0.1, 0.15) is 0 Å². The van der Waals surface area contributed by atoms with Crippen molar-refractivity contribution in [2.45, 2.75) is 0 Å². The summed E-state index contributed by atoms with van der Waals surface area (Å²) in [7, 11) is 1.38. The number of halogens is 1. The number of carbonyl (C=O) groups is 1. The van der Waals surface area contributed by atoms with Gasteiger partial charge in [-0.3, -0.25) is 14.7 Å². The number of aromatic nitrogens is 3. The maximum Gasteiger partial charge on any atom is 0.277 e. The van der Waals surface area contributed by atoms with E-state index >= 15 is 0 Å². The van der Waals surface area contributed by atoms with E-state index in [-0.39, 0.29) is 23.3 Å². The molecule has 0 radical (unpaired) electrons. The first-order chi connectivity index (χ1) is 12.1. The van der Waals surface area contributed by atoms with Crippen LogP contribution in [-0.2, 0) is 9.63 Å². The Morgan fingerprint density at radius 3 is 3.00 bits per heavy atom. The number of hydrogen-bond donors (Lipinski definition) is 0. The number of oxime groups is 1. The maximum absolute atomic E-state index is 12.8. The summed E-state index contributed by atoms with van der Waals surface area (Å²) in [6, 6.07) is 3.59. The zero-order valence-corrected chi connectivity index (χ0v) is 15.3. The largest absolute Gasteiger partial charge is 0.399 e. The van der Waals surface area contributed by atoms with Gasteiger partial charge in [0.25, 0.3) is 5.91 Å². The summed E-state index contributed by atoms with van der Waals surface area (Å²) in [5.74, 6) is 2.45. The van der Waals surface area contributed by atoms with Gasteiger partial charge in [0.15, 0.2) is 10.9 Å². The lowest BCUT2D eigenvalue weighted by atomic mass is 10.3. The Morgan fingerprint density at radius 1 is 1.60 bits per heavy atom. The van der Waals surface area contributed by atoms with Crippen LogP contribution >= 0.6 is 23.4 Å². The highest BCUT2D eigenvalue weighted by Crippen LogP contribution is 2.26. The molecular weight excluding hydrogens is 362 g/mol. The molecule has 0 saturated carbocycles. The van der Waals surface area contributed by atoms with E-state index in [1.54, 1.807) is 24.7 Å². The molecule has 2 rings (SSSR count). The van der Waals surface area contributed by atoms with Crippen LogP contribution in [0.2, 0.25) is 5.15 Å². The summed E-state index contributed by atoms with van der Waals surface area (Å²) in [5, 5.41) is 8.16. The molecule has 0 aromatic carbocycles. The summed E-state index contributed by atoms with van der Waals surface area (Å²) in [6.45, 7) is 0.0222. The van der Waals surface area contributed by atoms with E-state index in [9.17, 15) is 4.79 Å². The molecule has 25 heavy (non-hydrogen) atoms. The third-order valence-corrected chi connectivity index (χ3v) is 3.91. The van der Waals surface area contributed by atoms with E-state index in [1.165, 1.54) is 28.5 Å². The van der Waals surface area contributed by atoms with Gasteiger partial charge in [-0.1, -0.05) is 22.7 Å². The number of carbonyl (C=O) groups excluding carboxylic acids is 1. The molecule has 0 aliphatic heterocycles. The predicted molar refractivity (Wildman–Crippen MR) is 100 cm³/mol. The van der Waals surface area contributed by atoms with Gasteiger partial charge < -0.3 is 4.84 Å². The van der Waals surface area contributed by atoms with Crippen LogP contribution in [-0.4, -0.2) is 52.0 Å². The summed E-state index contributed by atoms with van der Waals surface area (Å²) < 4.78 is 1.53. The highest BCUT2D eigenvalue weighted by Gasteiger charge is 2.25. The Kier molecular flexibility index (Phi) is 6.86. The van der Waals surface area contributed by atoms with Crippen LogP contribution in [0.5, 0.6) is 0 Å². The zero-order valence-electron chi connectivity index (χ0n) is 13.7. The van der Waals surface area contributed by atoms with Crippen LogP contribution in [0, 0.1) is 12.3 Å². The van der Waals surface area contributed by atoms with Crippen molar-refractivity contribution in [3.8, 4) is 18.0 Å². The number of nitrogens with zero attached hydrogens (tertiary/aromatic N) is 5. The van der Waals surface area contributed by atoms with Gasteiger partial charge in [-0.05, 0) is 18.4 Å². The van der Waals surface area contributed by atoms with Crippen molar-refractivity contribution in [3.05, 3.63) is 35.9 Å². The second-order valence-corrected chi connectivity index (χ2v) is 5.93. The lowest BCUT2D eigenvalue weighted by Crippen LogP contribution is -2.38. The van der Waals surface area contributed by atoms with Crippen molar-refractivity contribution in [2.24, 2.45) is 5.16 Å². The third-order valence-electron chi connectivity index (χ3n) is 3.08. The Balaban J connectivity index is 2.41. The number of anilines is 1. The van der Waals surface area contributed by atoms with Crippen LogP contribution in [0.15, 0.2) is 35.9 Å². The highest BCUT2D eigenvalue weighted by atomic mass is 35.5. The van der Waals surface area contributed by atoms with Gasteiger partial charge in [-0.25, -0.2) is 4.68 Å². The molecule has 7 nitrogen and oxygen atoms in total. The molecule has 1 amide bonds. The van der Waals surface area contributed by atoms with Gasteiger partial charge in [0.05, 0.1) is 24.6 Å². The van der Waals surface area contributed by atoms with Gasteiger partial charge in [0, 0.05) is 11.9 Å². The molecule has 9 heteroatoms.